The molecule has 0 amide bonds. The molecule has 2 rings (SSSR count). The summed E-state index contributed by atoms with van der Waals surface area (Å²) in [6.45, 7) is 8.73. The zero-order valence-electron chi connectivity index (χ0n) is 12.3. The summed E-state index contributed by atoms with van der Waals surface area (Å²) in [5, 5.41) is 4.44. The first-order valence-electron chi connectivity index (χ1n) is 7.13. The van der Waals surface area contributed by atoms with Gasteiger partial charge in [0.05, 0.1) is 5.69 Å². The summed E-state index contributed by atoms with van der Waals surface area (Å²) < 4.78 is 5.66. The molecule has 0 aliphatic heterocycles. The third-order valence-corrected chi connectivity index (χ3v) is 4.28. The summed E-state index contributed by atoms with van der Waals surface area (Å²) in [5.74, 6) is 0. The maximum Gasteiger partial charge on any atom is 0.122 e. The van der Waals surface area contributed by atoms with Crippen molar-refractivity contribution in [3.8, 4) is 11.3 Å². The van der Waals surface area contributed by atoms with E-state index >= 15 is 0 Å². The molecule has 2 aromatic rings. The van der Waals surface area contributed by atoms with Gasteiger partial charge in [-0.25, -0.2) is 4.98 Å². The maximum atomic E-state index is 5.66. The van der Waals surface area contributed by atoms with Crippen LogP contribution < -0.4 is 5.32 Å². The van der Waals surface area contributed by atoms with Gasteiger partial charge in [-0.2, -0.15) is 0 Å². The van der Waals surface area contributed by atoms with E-state index in [9.17, 15) is 0 Å². The Morgan fingerprint density at radius 2 is 2.00 bits per heavy atom. The molecule has 0 bridgehead atoms. The molecule has 1 atom stereocenters. The Hall–Kier alpha value is -1.23. The molecule has 0 aliphatic rings. The minimum absolute atomic E-state index is 0.0582. The van der Waals surface area contributed by atoms with Crippen molar-refractivity contribution in [3.05, 3.63) is 40.2 Å². The molecule has 1 aromatic carbocycles. The zero-order chi connectivity index (χ0) is 14.4. The molecule has 0 radical (unpaired) electrons. The van der Waals surface area contributed by atoms with Crippen molar-refractivity contribution in [1.29, 1.82) is 0 Å². The molecular weight excluding hydrogens is 268 g/mol. The number of aromatic nitrogens is 1. The molecule has 3 nitrogen and oxygen atoms in total. The van der Waals surface area contributed by atoms with Crippen molar-refractivity contribution >= 4 is 11.3 Å². The van der Waals surface area contributed by atoms with Crippen LogP contribution in [0.5, 0.6) is 0 Å². The molecule has 1 aromatic heterocycles. The highest BCUT2D eigenvalue weighted by Crippen LogP contribution is 2.32. The van der Waals surface area contributed by atoms with Gasteiger partial charge in [0, 0.05) is 23.6 Å². The molecular formula is C16H22N2OS. The summed E-state index contributed by atoms with van der Waals surface area (Å²) >= 11 is 1.74. The quantitative estimate of drug-likeness (QED) is 0.836. The molecule has 0 fully saturated rings. The van der Waals surface area contributed by atoms with E-state index in [-0.39, 0.29) is 6.10 Å². The maximum absolute atomic E-state index is 5.66. The molecule has 0 spiro atoms. The van der Waals surface area contributed by atoms with Crippen molar-refractivity contribution in [1.82, 2.24) is 10.3 Å². The molecule has 1 unspecified atom stereocenters. The van der Waals surface area contributed by atoms with Gasteiger partial charge in [-0.05, 0) is 20.4 Å². The van der Waals surface area contributed by atoms with Crippen LogP contribution in [0.2, 0.25) is 0 Å². The van der Waals surface area contributed by atoms with Crippen molar-refractivity contribution in [2.24, 2.45) is 0 Å². The van der Waals surface area contributed by atoms with Crippen LogP contribution in [0.3, 0.4) is 0 Å². The number of thiazole rings is 1. The first-order valence-corrected chi connectivity index (χ1v) is 7.95. The second-order valence-corrected chi connectivity index (χ2v) is 5.68. The monoisotopic (exact) mass is 290 g/mol. The van der Waals surface area contributed by atoms with Crippen molar-refractivity contribution in [2.45, 2.75) is 33.4 Å². The van der Waals surface area contributed by atoms with Gasteiger partial charge in [-0.1, -0.05) is 37.3 Å². The minimum Gasteiger partial charge on any atom is -0.372 e. The summed E-state index contributed by atoms with van der Waals surface area (Å²) in [7, 11) is 0. The highest BCUT2D eigenvalue weighted by atomic mass is 32.1. The Morgan fingerprint density at radius 1 is 1.25 bits per heavy atom. The van der Waals surface area contributed by atoms with Gasteiger partial charge in [0.2, 0.25) is 0 Å². The fourth-order valence-electron chi connectivity index (χ4n) is 2.04. The van der Waals surface area contributed by atoms with Crippen LogP contribution in [0.25, 0.3) is 11.3 Å². The van der Waals surface area contributed by atoms with Gasteiger partial charge >= 0.3 is 0 Å². The van der Waals surface area contributed by atoms with Gasteiger partial charge in [0.15, 0.2) is 0 Å². The van der Waals surface area contributed by atoms with E-state index in [0.29, 0.717) is 6.61 Å². The van der Waals surface area contributed by atoms with Crippen molar-refractivity contribution in [3.63, 3.8) is 0 Å². The van der Waals surface area contributed by atoms with Gasteiger partial charge in [-0.3, -0.25) is 0 Å². The lowest BCUT2D eigenvalue weighted by Gasteiger charge is -2.06. The predicted octanol–water partition coefficient (Wildman–Crippen LogP) is 4.02. The van der Waals surface area contributed by atoms with E-state index in [1.807, 2.05) is 13.0 Å². The average Bonchev–Trinajstić information content (AvgIpc) is 2.90. The molecule has 20 heavy (non-hydrogen) atoms. The fraction of sp³-hybridized carbons (Fsp3) is 0.438. The number of benzene rings is 1. The smallest absolute Gasteiger partial charge is 0.122 e. The number of nitrogens with zero attached hydrogens (tertiary/aromatic N) is 1. The molecule has 0 saturated carbocycles. The second-order valence-electron chi connectivity index (χ2n) is 4.57. The van der Waals surface area contributed by atoms with E-state index < -0.39 is 0 Å². The van der Waals surface area contributed by atoms with Crippen LogP contribution in [0.4, 0.5) is 0 Å². The van der Waals surface area contributed by atoms with E-state index in [0.717, 1.165) is 23.8 Å². The number of hydrogen-bond donors (Lipinski definition) is 1. The third-order valence-electron chi connectivity index (χ3n) is 3.06. The molecule has 1 heterocycles. The number of nitrogens with one attached hydrogen (secondary N) is 1. The molecule has 108 valence electrons. The van der Waals surface area contributed by atoms with E-state index in [1.54, 1.807) is 11.3 Å². The normalized spacial score (nSPS) is 12.6. The van der Waals surface area contributed by atoms with E-state index in [4.69, 9.17) is 9.72 Å². The Kier molecular flexibility index (Phi) is 5.71. The summed E-state index contributed by atoms with van der Waals surface area (Å²) in [4.78, 5) is 6.08. The van der Waals surface area contributed by atoms with Crippen LogP contribution in [0.1, 0.15) is 36.8 Å². The zero-order valence-corrected chi connectivity index (χ0v) is 13.2. The van der Waals surface area contributed by atoms with Crippen LogP contribution in [0, 0.1) is 0 Å². The minimum atomic E-state index is 0.0582. The lowest BCUT2D eigenvalue weighted by atomic mass is 10.1. The topological polar surface area (TPSA) is 34.1 Å². The summed E-state index contributed by atoms with van der Waals surface area (Å²) in [6, 6.07) is 10.4. The van der Waals surface area contributed by atoms with E-state index in [1.165, 1.54) is 10.4 Å². The Morgan fingerprint density at radius 3 is 2.65 bits per heavy atom. The first-order chi connectivity index (χ1) is 9.76. The van der Waals surface area contributed by atoms with Gasteiger partial charge in [0.25, 0.3) is 0 Å². The van der Waals surface area contributed by atoms with Gasteiger partial charge in [0.1, 0.15) is 11.1 Å². The van der Waals surface area contributed by atoms with E-state index in [2.05, 4.69) is 43.4 Å². The van der Waals surface area contributed by atoms with Gasteiger partial charge in [-0.15, -0.1) is 11.3 Å². The lowest BCUT2D eigenvalue weighted by Crippen LogP contribution is -2.11. The number of hydrogen-bond acceptors (Lipinski definition) is 4. The Balaban J connectivity index is 2.32. The lowest BCUT2D eigenvalue weighted by molar-refractivity contribution is 0.0762. The van der Waals surface area contributed by atoms with Crippen LogP contribution in [0.15, 0.2) is 30.3 Å². The first kappa shape index (κ1) is 15.2. The van der Waals surface area contributed by atoms with Crippen LogP contribution in [-0.2, 0) is 11.3 Å². The number of ether oxygens (including phenoxy) is 1. The summed E-state index contributed by atoms with van der Waals surface area (Å²) in [6.07, 6.45) is 0.0582. The molecule has 1 N–H and O–H groups in total. The predicted molar refractivity (Wildman–Crippen MR) is 85.0 cm³/mol. The Bertz CT molecular complexity index is 525. The molecule has 0 aliphatic carbocycles. The fourth-order valence-corrected chi connectivity index (χ4v) is 3.10. The average molecular weight is 290 g/mol. The molecule has 0 saturated heterocycles. The summed E-state index contributed by atoms with van der Waals surface area (Å²) in [5.41, 5.74) is 2.25. The van der Waals surface area contributed by atoms with Crippen molar-refractivity contribution in [2.75, 3.05) is 13.2 Å². The SMILES string of the molecule is CCNCc1sc(C(C)OCC)nc1-c1ccccc1. The third kappa shape index (κ3) is 3.66. The largest absolute Gasteiger partial charge is 0.372 e. The molecule has 4 heteroatoms. The van der Waals surface area contributed by atoms with Crippen LogP contribution in [-0.4, -0.2) is 18.1 Å². The standard InChI is InChI=1S/C16H22N2OS/c1-4-17-11-14-15(13-9-7-6-8-10-13)18-16(20-14)12(3)19-5-2/h6-10,12,17H,4-5,11H2,1-3H3. The highest BCUT2D eigenvalue weighted by molar-refractivity contribution is 7.12. The Labute approximate surface area is 125 Å². The van der Waals surface area contributed by atoms with Gasteiger partial charge < -0.3 is 10.1 Å². The highest BCUT2D eigenvalue weighted by Gasteiger charge is 2.16. The second kappa shape index (κ2) is 7.53. The number of rotatable bonds is 7. The van der Waals surface area contributed by atoms with Crippen molar-refractivity contribution < 1.29 is 4.74 Å². The van der Waals surface area contributed by atoms with Crippen LogP contribution >= 0.6 is 11.3 Å².